The van der Waals surface area contributed by atoms with Crippen LogP contribution in [-0.4, -0.2) is 0 Å². The molecule has 0 heteroatoms. The van der Waals surface area contributed by atoms with E-state index >= 15 is 0 Å². The summed E-state index contributed by atoms with van der Waals surface area (Å²) < 4.78 is 0. The third kappa shape index (κ3) is 1.15. The van der Waals surface area contributed by atoms with Crippen LogP contribution in [-0.2, 0) is 0 Å². The Morgan fingerprint density at radius 1 is 1.45 bits per heavy atom. The van der Waals surface area contributed by atoms with Gasteiger partial charge in [0.05, 0.1) is 0 Å². The van der Waals surface area contributed by atoms with Gasteiger partial charge in [-0.3, -0.25) is 0 Å². The fraction of sp³-hybridized carbons (Fsp3) is 0.636. The Balaban J connectivity index is 2.19. The molecule has 0 saturated heterocycles. The molecule has 11 heavy (non-hydrogen) atoms. The van der Waals surface area contributed by atoms with Crippen molar-refractivity contribution in [2.24, 2.45) is 11.8 Å². The molecule has 0 heterocycles. The van der Waals surface area contributed by atoms with Crippen molar-refractivity contribution >= 4 is 0 Å². The largest absolute Gasteiger partial charge is 0.0839 e. The van der Waals surface area contributed by atoms with E-state index < -0.39 is 0 Å². The van der Waals surface area contributed by atoms with Gasteiger partial charge in [-0.15, -0.1) is 0 Å². The fourth-order valence-corrected chi connectivity index (χ4v) is 2.46. The number of hydrogen-bond donors (Lipinski definition) is 0. The van der Waals surface area contributed by atoms with Gasteiger partial charge in [0.15, 0.2) is 0 Å². The van der Waals surface area contributed by atoms with Crippen molar-refractivity contribution in [2.45, 2.75) is 32.6 Å². The van der Waals surface area contributed by atoms with Gasteiger partial charge in [0.1, 0.15) is 0 Å². The van der Waals surface area contributed by atoms with Crippen LogP contribution in [0.4, 0.5) is 0 Å². The van der Waals surface area contributed by atoms with E-state index in [1.807, 2.05) is 0 Å². The summed E-state index contributed by atoms with van der Waals surface area (Å²) in [6.45, 7) is 2.31. The predicted molar refractivity (Wildman–Crippen MR) is 48.3 cm³/mol. The molecule has 2 rings (SSSR count). The van der Waals surface area contributed by atoms with Crippen LogP contribution >= 0.6 is 0 Å². The first-order chi connectivity index (χ1) is 5.42. The van der Waals surface area contributed by atoms with Crippen LogP contribution in [0.15, 0.2) is 23.8 Å². The highest BCUT2D eigenvalue weighted by Crippen LogP contribution is 2.41. The van der Waals surface area contributed by atoms with Crippen molar-refractivity contribution in [2.75, 3.05) is 0 Å². The molecule has 0 spiro atoms. The first-order valence-electron chi connectivity index (χ1n) is 4.78. The van der Waals surface area contributed by atoms with Crippen LogP contribution in [0.1, 0.15) is 32.6 Å². The monoisotopic (exact) mass is 148 g/mol. The molecule has 2 unspecified atom stereocenters. The second kappa shape index (κ2) is 2.84. The molecule has 0 nitrogen and oxygen atoms in total. The van der Waals surface area contributed by atoms with Crippen LogP contribution in [0.5, 0.6) is 0 Å². The van der Waals surface area contributed by atoms with Gasteiger partial charge in [-0.1, -0.05) is 30.7 Å². The van der Waals surface area contributed by atoms with Gasteiger partial charge in [-0.05, 0) is 37.5 Å². The summed E-state index contributed by atoms with van der Waals surface area (Å²) in [6.07, 6.45) is 12.4. The van der Waals surface area contributed by atoms with E-state index in [1.54, 1.807) is 5.57 Å². The third-order valence-corrected chi connectivity index (χ3v) is 3.14. The summed E-state index contributed by atoms with van der Waals surface area (Å²) in [4.78, 5) is 0. The summed E-state index contributed by atoms with van der Waals surface area (Å²) in [5, 5.41) is 0. The summed E-state index contributed by atoms with van der Waals surface area (Å²) in [7, 11) is 0. The maximum Gasteiger partial charge on any atom is -0.0162 e. The van der Waals surface area contributed by atoms with E-state index in [0.29, 0.717) is 0 Å². The summed E-state index contributed by atoms with van der Waals surface area (Å²) in [6, 6.07) is 0. The maximum atomic E-state index is 2.36. The average molecular weight is 148 g/mol. The Morgan fingerprint density at radius 2 is 2.36 bits per heavy atom. The number of hydrogen-bond acceptors (Lipinski definition) is 0. The highest BCUT2D eigenvalue weighted by atomic mass is 14.3. The van der Waals surface area contributed by atoms with E-state index in [-0.39, 0.29) is 0 Å². The van der Waals surface area contributed by atoms with Gasteiger partial charge < -0.3 is 0 Å². The number of rotatable bonds is 1. The van der Waals surface area contributed by atoms with E-state index in [1.165, 1.54) is 25.7 Å². The lowest BCUT2D eigenvalue weighted by Gasteiger charge is -2.16. The second-order valence-corrected chi connectivity index (χ2v) is 3.71. The molecule has 0 aliphatic heterocycles. The zero-order valence-corrected chi connectivity index (χ0v) is 7.22. The summed E-state index contributed by atoms with van der Waals surface area (Å²) >= 11 is 0. The van der Waals surface area contributed by atoms with Crippen LogP contribution < -0.4 is 0 Å². The molecular weight excluding hydrogens is 132 g/mol. The van der Waals surface area contributed by atoms with Gasteiger partial charge in [-0.2, -0.15) is 0 Å². The third-order valence-electron chi connectivity index (χ3n) is 3.14. The molecule has 0 bridgehead atoms. The van der Waals surface area contributed by atoms with Gasteiger partial charge in [-0.25, -0.2) is 0 Å². The lowest BCUT2D eigenvalue weighted by atomic mass is 9.90. The van der Waals surface area contributed by atoms with E-state index in [9.17, 15) is 0 Å². The first-order valence-corrected chi connectivity index (χ1v) is 4.78. The molecule has 60 valence electrons. The first kappa shape index (κ1) is 7.15. The Bertz CT molecular complexity index is 198. The topological polar surface area (TPSA) is 0 Å². The van der Waals surface area contributed by atoms with Gasteiger partial charge >= 0.3 is 0 Å². The molecule has 2 aliphatic carbocycles. The van der Waals surface area contributed by atoms with Crippen molar-refractivity contribution in [3.8, 4) is 0 Å². The van der Waals surface area contributed by atoms with E-state index in [4.69, 9.17) is 0 Å². The van der Waals surface area contributed by atoms with Crippen molar-refractivity contribution in [3.05, 3.63) is 23.8 Å². The van der Waals surface area contributed by atoms with Crippen LogP contribution in [0.2, 0.25) is 0 Å². The molecule has 0 aromatic rings. The van der Waals surface area contributed by atoms with Crippen LogP contribution in [0.3, 0.4) is 0 Å². The minimum Gasteiger partial charge on any atom is -0.0839 e. The Labute approximate surface area is 69.0 Å². The molecule has 2 aliphatic rings. The number of fused-ring (bicyclic) bond motifs is 1. The molecule has 0 amide bonds. The smallest absolute Gasteiger partial charge is 0.0162 e. The summed E-state index contributed by atoms with van der Waals surface area (Å²) in [5.74, 6) is 1.84. The zero-order valence-electron chi connectivity index (χ0n) is 7.22. The Morgan fingerprint density at radius 3 is 3.18 bits per heavy atom. The number of allylic oxidation sites excluding steroid dienone is 4. The zero-order chi connectivity index (χ0) is 7.68. The summed E-state index contributed by atoms with van der Waals surface area (Å²) in [5.41, 5.74) is 1.75. The minimum atomic E-state index is 0.921. The lowest BCUT2D eigenvalue weighted by molar-refractivity contribution is 0.606. The van der Waals surface area contributed by atoms with Crippen molar-refractivity contribution in [3.63, 3.8) is 0 Å². The van der Waals surface area contributed by atoms with Crippen molar-refractivity contribution in [1.29, 1.82) is 0 Å². The molecule has 2 atom stereocenters. The maximum absolute atomic E-state index is 2.36. The normalized spacial score (nSPS) is 35.2. The van der Waals surface area contributed by atoms with Crippen LogP contribution in [0.25, 0.3) is 0 Å². The van der Waals surface area contributed by atoms with Crippen molar-refractivity contribution < 1.29 is 0 Å². The highest BCUT2D eigenvalue weighted by molar-refractivity contribution is 5.25. The van der Waals surface area contributed by atoms with Crippen LogP contribution in [0, 0.1) is 11.8 Å². The molecule has 0 N–H and O–H groups in total. The van der Waals surface area contributed by atoms with Gasteiger partial charge in [0.2, 0.25) is 0 Å². The molecule has 0 aromatic carbocycles. The quantitative estimate of drug-likeness (QED) is 0.535. The molecule has 0 aromatic heterocycles. The van der Waals surface area contributed by atoms with Crippen molar-refractivity contribution in [1.82, 2.24) is 0 Å². The fourth-order valence-electron chi connectivity index (χ4n) is 2.46. The SMILES string of the molecule is CCC1CCC2CC=CC=C12. The Hall–Kier alpha value is -0.520. The average Bonchev–Trinajstić information content (AvgIpc) is 2.47. The second-order valence-electron chi connectivity index (χ2n) is 3.71. The molecular formula is C11H16. The minimum absolute atomic E-state index is 0.921. The van der Waals surface area contributed by atoms with E-state index in [2.05, 4.69) is 25.2 Å². The molecule has 1 fully saturated rings. The highest BCUT2D eigenvalue weighted by Gasteiger charge is 2.28. The predicted octanol–water partition coefficient (Wildman–Crippen LogP) is 3.31. The van der Waals surface area contributed by atoms with Gasteiger partial charge in [0, 0.05) is 0 Å². The standard InChI is InChI=1S/C11H16/c1-2-9-7-8-10-5-3-4-6-11(9)10/h3-4,6,9-10H,2,5,7-8H2,1H3. The Kier molecular flexibility index (Phi) is 1.85. The molecule has 1 saturated carbocycles. The lowest BCUT2D eigenvalue weighted by Crippen LogP contribution is -2.02. The van der Waals surface area contributed by atoms with E-state index in [0.717, 1.165) is 11.8 Å². The molecule has 0 radical (unpaired) electrons. The van der Waals surface area contributed by atoms with Gasteiger partial charge in [0.25, 0.3) is 0 Å².